The van der Waals surface area contributed by atoms with E-state index < -0.39 is 0 Å². The number of nitrogens with one attached hydrogen (secondary N) is 1. The zero-order valence-electron chi connectivity index (χ0n) is 18.3. The summed E-state index contributed by atoms with van der Waals surface area (Å²) in [6, 6.07) is 7.28. The van der Waals surface area contributed by atoms with Gasteiger partial charge in [-0.1, -0.05) is 23.6 Å². The molecular formula is C24H24ClN7O. The molecule has 1 aliphatic rings. The van der Waals surface area contributed by atoms with Crippen molar-refractivity contribution < 1.29 is 4.79 Å². The number of benzene rings is 1. The van der Waals surface area contributed by atoms with Crippen LogP contribution in [0, 0.1) is 11.8 Å². The van der Waals surface area contributed by atoms with Crippen LogP contribution >= 0.6 is 11.6 Å². The molecule has 3 heterocycles. The van der Waals surface area contributed by atoms with Gasteiger partial charge in [-0.15, -0.1) is 0 Å². The van der Waals surface area contributed by atoms with E-state index in [9.17, 15) is 4.79 Å². The number of carbonyl (C=O) groups is 1. The fourth-order valence-electron chi connectivity index (χ4n) is 3.37. The second-order valence-corrected chi connectivity index (χ2v) is 8.29. The summed E-state index contributed by atoms with van der Waals surface area (Å²) < 4.78 is 0. The molecule has 1 saturated heterocycles. The fraction of sp³-hybridized carbons (Fsp3) is 0.250. The minimum Gasteiger partial charge on any atom is -0.382 e. The maximum atomic E-state index is 12.7. The lowest BCUT2D eigenvalue weighted by Crippen LogP contribution is -2.43. The number of hydrogen-bond acceptors (Lipinski definition) is 7. The lowest BCUT2D eigenvalue weighted by Gasteiger charge is -2.32. The molecule has 3 aromatic rings. The van der Waals surface area contributed by atoms with Gasteiger partial charge in [0, 0.05) is 61.4 Å². The first-order valence-corrected chi connectivity index (χ1v) is 10.9. The number of piperazine rings is 1. The van der Waals surface area contributed by atoms with Crippen LogP contribution in [0.15, 0.2) is 49.1 Å². The standard InChI is InChI=1S/C24H24ClN7O/c1-31-6-8-32(9-7-31)16-18-3-5-20(11-22(18)25)30-24(33)19-10-17(12-27-13-19)2-4-21-14-29-23(26)15-28-21/h3,5,10-15H,6-9,16H2,1H3,(H2,26,29)(H,30,33). The molecule has 8 nitrogen and oxygen atoms in total. The van der Waals surface area contributed by atoms with Gasteiger partial charge in [-0.25, -0.2) is 9.97 Å². The number of aromatic nitrogens is 3. The van der Waals surface area contributed by atoms with Crippen molar-refractivity contribution >= 4 is 29.0 Å². The highest BCUT2D eigenvalue weighted by molar-refractivity contribution is 6.31. The summed E-state index contributed by atoms with van der Waals surface area (Å²) >= 11 is 6.50. The lowest BCUT2D eigenvalue weighted by molar-refractivity contribution is 0.102. The average molecular weight is 462 g/mol. The quantitative estimate of drug-likeness (QED) is 0.576. The van der Waals surface area contributed by atoms with Crippen LogP contribution in [0.5, 0.6) is 0 Å². The summed E-state index contributed by atoms with van der Waals surface area (Å²) in [6.45, 7) is 4.93. The van der Waals surface area contributed by atoms with E-state index in [1.807, 2.05) is 12.1 Å². The molecule has 33 heavy (non-hydrogen) atoms. The first-order chi connectivity index (χ1) is 16.0. The van der Waals surface area contributed by atoms with E-state index >= 15 is 0 Å². The number of nitrogens with two attached hydrogens (primary N) is 1. The Labute approximate surface area is 197 Å². The number of carbonyl (C=O) groups excluding carboxylic acids is 1. The SMILES string of the molecule is CN1CCN(Cc2ccc(NC(=O)c3cncc(C#Cc4cnc(N)cn4)c3)cc2Cl)CC1. The molecule has 1 aromatic carbocycles. The largest absolute Gasteiger partial charge is 0.382 e. The van der Waals surface area contributed by atoms with E-state index in [2.05, 4.69) is 49.0 Å². The summed E-state index contributed by atoms with van der Waals surface area (Å²) in [6.07, 6.45) is 6.00. The first kappa shape index (κ1) is 22.7. The minimum atomic E-state index is -0.290. The molecule has 0 unspecified atom stereocenters. The van der Waals surface area contributed by atoms with Crippen molar-refractivity contribution in [2.45, 2.75) is 6.54 Å². The van der Waals surface area contributed by atoms with Gasteiger partial charge in [0.25, 0.3) is 5.91 Å². The van der Waals surface area contributed by atoms with Gasteiger partial charge in [0.2, 0.25) is 0 Å². The molecule has 0 aliphatic carbocycles. The molecule has 4 rings (SSSR count). The first-order valence-electron chi connectivity index (χ1n) is 10.5. The van der Waals surface area contributed by atoms with Crippen LogP contribution < -0.4 is 11.1 Å². The second-order valence-electron chi connectivity index (χ2n) is 7.88. The number of nitrogens with zero attached hydrogens (tertiary/aromatic N) is 5. The van der Waals surface area contributed by atoms with Gasteiger partial charge < -0.3 is 16.0 Å². The number of hydrogen-bond donors (Lipinski definition) is 2. The number of nitrogen functional groups attached to an aromatic ring is 1. The Hall–Kier alpha value is -3.51. The van der Waals surface area contributed by atoms with Crippen molar-refractivity contribution in [3.63, 3.8) is 0 Å². The van der Waals surface area contributed by atoms with Crippen molar-refractivity contribution in [3.8, 4) is 11.8 Å². The molecule has 2 aromatic heterocycles. The summed E-state index contributed by atoms with van der Waals surface area (Å²) in [5.41, 5.74) is 8.65. The van der Waals surface area contributed by atoms with Crippen LogP contribution in [0.1, 0.15) is 27.2 Å². The number of amides is 1. The predicted octanol–water partition coefficient (Wildman–Crippen LogP) is 2.51. The highest BCUT2D eigenvalue weighted by Gasteiger charge is 2.15. The topological polar surface area (TPSA) is 100 Å². The Kier molecular flexibility index (Phi) is 7.15. The predicted molar refractivity (Wildman–Crippen MR) is 129 cm³/mol. The molecular weight excluding hydrogens is 438 g/mol. The number of likely N-dealkylation sites (N-methyl/N-ethyl adjacent to an activating group) is 1. The van der Waals surface area contributed by atoms with Crippen LogP contribution in [0.25, 0.3) is 0 Å². The molecule has 0 radical (unpaired) electrons. The number of pyridine rings is 1. The summed E-state index contributed by atoms with van der Waals surface area (Å²) in [4.78, 5) is 29.6. The summed E-state index contributed by atoms with van der Waals surface area (Å²) in [5.74, 6) is 5.85. The Bertz CT molecular complexity index is 1200. The molecule has 1 aliphatic heterocycles. The Morgan fingerprint density at radius 1 is 1.09 bits per heavy atom. The van der Waals surface area contributed by atoms with Crippen LogP contribution in [0.3, 0.4) is 0 Å². The van der Waals surface area contributed by atoms with Crippen LogP contribution in [-0.2, 0) is 6.54 Å². The van der Waals surface area contributed by atoms with Gasteiger partial charge in [-0.05, 0) is 36.7 Å². The third kappa shape index (κ3) is 6.26. The van der Waals surface area contributed by atoms with Gasteiger partial charge in [0.15, 0.2) is 0 Å². The normalized spacial score (nSPS) is 14.4. The van der Waals surface area contributed by atoms with E-state index in [-0.39, 0.29) is 5.91 Å². The highest BCUT2D eigenvalue weighted by Crippen LogP contribution is 2.23. The average Bonchev–Trinajstić information content (AvgIpc) is 2.82. The fourth-order valence-corrected chi connectivity index (χ4v) is 3.61. The number of rotatable bonds is 4. The molecule has 0 saturated carbocycles. The van der Waals surface area contributed by atoms with Crippen molar-refractivity contribution in [3.05, 3.63) is 76.5 Å². The highest BCUT2D eigenvalue weighted by atomic mass is 35.5. The monoisotopic (exact) mass is 461 g/mol. The molecule has 0 bridgehead atoms. The van der Waals surface area contributed by atoms with Crippen molar-refractivity contribution in [2.24, 2.45) is 0 Å². The Balaban J connectivity index is 1.40. The maximum Gasteiger partial charge on any atom is 0.257 e. The number of anilines is 2. The van der Waals surface area contributed by atoms with Crippen LogP contribution in [-0.4, -0.2) is 63.9 Å². The zero-order valence-corrected chi connectivity index (χ0v) is 19.0. The van der Waals surface area contributed by atoms with Crippen LogP contribution in [0.4, 0.5) is 11.5 Å². The third-order valence-corrected chi connectivity index (χ3v) is 5.66. The van der Waals surface area contributed by atoms with E-state index in [0.717, 1.165) is 38.3 Å². The smallest absolute Gasteiger partial charge is 0.257 e. The number of halogens is 1. The van der Waals surface area contributed by atoms with Crippen molar-refractivity contribution in [1.29, 1.82) is 0 Å². The lowest BCUT2D eigenvalue weighted by atomic mass is 10.1. The van der Waals surface area contributed by atoms with Gasteiger partial charge >= 0.3 is 0 Å². The third-order valence-electron chi connectivity index (χ3n) is 5.31. The van der Waals surface area contributed by atoms with E-state index in [1.54, 1.807) is 18.3 Å². The summed E-state index contributed by atoms with van der Waals surface area (Å²) in [7, 11) is 2.13. The van der Waals surface area contributed by atoms with Crippen LogP contribution in [0.2, 0.25) is 5.02 Å². The van der Waals surface area contributed by atoms with E-state index in [4.69, 9.17) is 17.3 Å². The van der Waals surface area contributed by atoms with E-state index in [1.165, 1.54) is 18.6 Å². The molecule has 0 atom stereocenters. The Morgan fingerprint density at radius 3 is 2.64 bits per heavy atom. The molecule has 0 spiro atoms. The van der Waals surface area contributed by atoms with Crippen molar-refractivity contribution in [1.82, 2.24) is 24.8 Å². The second kappa shape index (κ2) is 10.4. The van der Waals surface area contributed by atoms with Gasteiger partial charge in [-0.3, -0.25) is 14.7 Å². The molecule has 3 N–H and O–H groups in total. The molecule has 1 fully saturated rings. The maximum absolute atomic E-state index is 12.7. The zero-order chi connectivity index (χ0) is 23.2. The van der Waals surface area contributed by atoms with Gasteiger partial charge in [0.05, 0.1) is 18.0 Å². The molecule has 9 heteroatoms. The molecule has 1 amide bonds. The van der Waals surface area contributed by atoms with Crippen molar-refractivity contribution in [2.75, 3.05) is 44.3 Å². The Morgan fingerprint density at radius 2 is 1.91 bits per heavy atom. The summed E-state index contributed by atoms with van der Waals surface area (Å²) in [5, 5.41) is 3.51. The minimum absolute atomic E-state index is 0.290. The molecule has 168 valence electrons. The van der Waals surface area contributed by atoms with Gasteiger partial charge in [0.1, 0.15) is 11.5 Å². The van der Waals surface area contributed by atoms with E-state index in [0.29, 0.717) is 33.3 Å². The van der Waals surface area contributed by atoms with Gasteiger partial charge in [-0.2, -0.15) is 0 Å².